The van der Waals surface area contributed by atoms with Crippen LogP contribution in [0.25, 0.3) is 0 Å². The minimum atomic E-state index is -1.81. The first-order valence-electron chi connectivity index (χ1n) is 7.86. The van der Waals surface area contributed by atoms with Gasteiger partial charge < -0.3 is 49.2 Å². The van der Waals surface area contributed by atoms with Crippen molar-refractivity contribution in [2.24, 2.45) is 0 Å². The van der Waals surface area contributed by atoms with E-state index in [1.54, 1.807) is 0 Å². The monoisotopic (exact) mass is 366 g/mol. The van der Waals surface area contributed by atoms with Crippen LogP contribution in [0, 0.1) is 0 Å². The van der Waals surface area contributed by atoms with E-state index < -0.39 is 80.6 Å². The Bertz CT molecular complexity index is 515. The number of aliphatic hydroxyl groups excluding tert-OH is 5. The Kier molecular flexibility index (Phi) is 5.05. The summed E-state index contributed by atoms with van der Waals surface area (Å²) in [5, 5.41) is 48.8. The highest BCUT2D eigenvalue weighted by molar-refractivity contribution is 5.66. The standard InChI is InChI=1S/C14H22O11/c1-6(18)22-11-9(19)7(2-15)24-14(11)5-21-13(4-17)12(25-14)10(20)8(3-16)23-13/h7-12,15-17,19-20H,2-5H2,1H3/t7-,8-,9-,10-,11+,12+,13-,14+/m1/s1. The molecule has 3 fully saturated rings. The quantitative estimate of drug-likeness (QED) is 0.310. The van der Waals surface area contributed by atoms with Crippen LogP contribution in [0.15, 0.2) is 0 Å². The first-order valence-corrected chi connectivity index (χ1v) is 7.86. The Morgan fingerprint density at radius 3 is 2.28 bits per heavy atom. The maximum atomic E-state index is 11.4. The number of carbonyl (C=O) groups excluding carboxylic acids is 1. The number of ether oxygens (including phenoxy) is 5. The molecule has 0 aromatic rings. The Hall–Kier alpha value is -0.890. The van der Waals surface area contributed by atoms with Crippen LogP contribution < -0.4 is 0 Å². The molecule has 3 rings (SSSR count). The Morgan fingerprint density at radius 1 is 1.08 bits per heavy atom. The van der Waals surface area contributed by atoms with Crippen LogP contribution in [0.5, 0.6) is 0 Å². The lowest BCUT2D eigenvalue weighted by Crippen LogP contribution is -2.65. The van der Waals surface area contributed by atoms with Crippen molar-refractivity contribution in [3.8, 4) is 0 Å². The van der Waals surface area contributed by atoms with Gasteiger partial charge in [-0.2, -0.15) is 0 Å². The molecule has 3 saturated heterocycles. The van der Waals surface area contributed by atoms with Crippen molar-refractivity contribution in [3.05, 3.63) is 0 Å². The number of esters is 1. The van der Waals surface area contributed by atoms with Crippen molar-refractivity contribution >= 4 is 5.97 Å². The van der Waals surface area contributed by atoms with Gasteiger partial charge >= 0.3 is 5.97 Å². The fourth-order valence-electron chi connectivity index (χ4n) is 3.46. The van der Waals surface area contributed by atoms with Crippen LogP contribution in [-0.2, 0) is 28.5 Å². The normalized spacial score (nSPS) is 49.4. The molecule has 0 radical (unpaired) electrons. The van der Waals surface area contributed by atoms with Gasteiger partial charge in [0, 0.05) is 6.92 Å². The van der Waals surface area contributed by atoms with Gasteiger partial charge in [-0.3, -0.25) is 4.79 Å². The van der Waals surface area contributed by atoms with E-state index in [4.69, 9.17) is 23.7 Å². The minimum absolute atomic E-state index is 0.416. The van der Waals surface area contributed by atoms with E-state index in [1.807, 2.05) is 0 Å². The molecule has 0 aromatic heterocycles. The van der Waals surface area contributed by atoms with E-state index in [1.165, 1.54) is 0 Å². The average molecular weight is 366 g/mol. The van der Waals surface area contributed by atoms with Gasteiger partial charge in [0.05, 0.1) is 13.2 Å². The average Bonchev–Trinajstić information content (AvgIpc) is 3.02. The second kappa shape index (κ2) is 6.68. The second-order valence-corrected chi connectivity index (χ2v) is 6.30. The number of rotatable bonds is 4. The van der Waals surface area contributed by atoms with Crippen LogP contribution in [0.1, 0.15) is 6.92 Å². The minimum Gasteiger partial charge on any atom is -0.454 e. The zero-order chi connectivity index (χ0) is 18.4. The van der Waals surface area contributed by atoms with Gasteiger partial charge in [-0.25, -0.2) is 0 Å². The summed E-state index contributed by atoms with van der Waals surface area (Å²) in [6.45, 7) is -1.08. The maximum absolute atomic E-state index is 11.4. The van der Waals surface area contributed by atoms with Crippen molar-refractivity contribution in [1.82, 2.24) is 0 Å². The lowest BCUT2D eigenvalue weighted by Gasteiger charge is -2.46. The molecule has 11 heteroatoms. The van der Waals surface area contributed by atoms with Gasteiger partial charge in [-0.1, -0.05) is 0 Å². The topological polar surface area (TPSA) is 164 Å². The third-order valence-corrected chi connectivity index (χ3v) is 4.67. The molecular formula is C14H22O11. The predicted molar refractivity (Wildman–Crippen MR) is 74.9 cm³/mol. The third-order valence-electron chi connectivity index (χ3n) is 4.67. The number of carbonyl (C=O) groups is 1. The molecule has 144 valence electrons. The van der Waals surface area contributed by atoms with Crippen LogP contribution >= 0.6 is 0 Å². The summed E-state index contributed by atoms with van der Waals surface area (Å²) >= 11 is 0. The fourth-order valence-corrected chi connectivity index (χ4v) is 3.46. The molecule has 0 aromatic carbocycles. The van der Waals surface area contributed by atoms with Gasteiger partial charge in [0.15, 0.2) is 6.10 Å². The van der Waals surface area contributed by atoms with E-state index >= 15 is 0 Å². The molecule has 3 heterocycles. The van der Waals surface area contributed by atoms with Crippen LogP contribution in [0.3, 0.4) is 0 Å². The molecule has 0 amide bonds. The summed E-state index contributed by atoms with van der Waals surface area (Å²) in [7, 11) is 0. The van der Waals surface area contributed by atoms with Crippen molar-refractivity contribution in [2.75, 3.05) is 26.4 Å². The smallest absolute Gasteiger partial charge is 0.303 e. The molecular weight excluding hydrogens is 344 g/mol. The van der Waals surface area contributed by atoms with E-state index in [9.17, 15) is 30.3 Å². The van der Waals surface area contributed by atoms with Crippen LogP contribution in [0.2, 0.25) is 0 Å². The molecule has 0 unspecified atom stereocenters. The molecule has 8 atom stereocenters. The van der Waals surface area contributed by atoms with Gasteiger partial charge in [0.2, 0.25) is 11.6 Å². The number of aliphatic hydroxyl groups is 5. The summed E-state index contributed by atoms with van der Waals surface area (Å²) < 4.78 is 27.3. The Morgan fingerprint density at radius 2 is 1.72 bits per heavy atom. The SMILES string of the molecule is CC(=O)O[C@H]1[C@H](O)[C@@H](CO)O[C@]12CO[C@]1(CO)O[C@H](CO)[C@@H](O)[C@@H]1O2. The fraction of sp³-hybridized carbons (Fsp3) is 0.929. The van der Waals surface area contributed by atoms with E-state index in [-0.39, 0.29) is 0 Å². The predicted octanol–water partition coefficient (Wildman–Crippen LogP) is -3.78. The third kappa shape index (κ3) is 2.85. The first kappa shape index (κ1) is 18.9. The summed E-state index contributed by atoms with van der Waals surface area (Å²) in [4.78, 5) is 11.4. The molecule has 3 aliphatic rings. The van der Waals surface area contributed by atoms with Gasteiger partial charge in [-0.05, 0) is 0 Å². The van der Waals surface area contributed by atoms with Crippen molar-refractivity contribution in [1.29, 1.82) is 0 Å². The van der Waals surface area contributed by atoms with E-state index in [0.29, 0.717) is 0 Å². The molecule has 0 aliphatic carbocycles. The molecule has 0 bridgehead atoms. The molecule has 3 aliphatic heterocycles. The number of hydrogen-bond donors (Lipinski definition) is 5. The van der Waals surface area contributed by atoms with Gasteiger partial charge in [0.1, 0.15) is 43.7 Å². The van der Waals surface area contributed by atoms with Crippen molar-refractivity contribution in [3.63, 3.8) is 0 Å². The van der Waals surface area contributed by atoms with Crippen molar-refractivity contribution in [2.45, 2.75) is 55.1 Å². The number of fused-ring (bicyclic) bond motifs is 1. The zero-order valence-corrected chi connectivity index (χ0v) is 13.5. The highest BCUT2D eigenvalue weighted by atomic mass is 16.8. The lowest BCUT2D eigenvalue weighted by atomic mass is 9.99. The molecule has 5 N–H and O–H groups in total. The van der Waals surface area contributed by atoms with E-state index in [2.05, 4.69) is 0 Å². The van der Waals surface area contributed by atoms with Crippen molar-refractivity contribution < 1.29 is 54.0 Å². The number of hydrogen-bond acceptors (Lipinski definition) is 11. The van der Waals surface area contributed by atoms with Crippen LogP contribution in [0.4, 0.5) is 0 Å². The molecule has 1 spiro atoms. The van der Waals surface area contributed by atoms with Crippen LogP contribution in [-0.4, -0.2) is 106 Å². The Labute approximate surface area is 142 Å². The summed E-state index contributed by atoms with van der Waals surface area (Å²) in [6, 6.07) is 0. The first-order chi connectivity index (χ1) is 11.8. The van der Waals surface area contributed by atoms with E-state index in [0.717, 1.165) is 6.92 Å². The lowest BCUT2D eigenvalue weighted by molar-refractivity contribution is -0.411. The molecule has 11 nitrogen and oxygen atoms in total. The highest BCUT2D eigenvalue weighted by Gasteiger charge is 2.68. The zero-order valence-electron chi connectivity index (χ0n) is 13.5. The Balaban J connectivity index is 1.91. The second-order valence-electron chi connectivity index (χ2n) is 6.30. The molecule has 0 saturated carbocycles. The summed E-state index contributed by atoms with van der Waals surface area (Å²) in [5.74, 6) is -4.26. The highest BCUT2D eigenvalue weighted by Crippen LogP contribution is 2.46. The largest absolute Gasteiger partial charge is 0.454 e. The van der Waals surface area contributed by atoms with Gasteiger partial charge in [0.25, 0.3) is 0 Å². The molecule has 25 heavy (non-hydrogen) atoms. The summed E-state index contributed by atoms with van der Waals surface area (Å²) in [6.07, 6.45) is -7.57. The maximum Gasteiger partial charge on any atom is 0.303 e. The van der Waals surface area contributed by atoms with Gasteiger partial charge in [-0.15, -0.1) is 0 Å². The summed E-state index contributed by atoms with van der Waals surface area (Å²) in [5.41, 5.74) is 0.